The van der Waals surface area contributed by atoms with Crippen LogP contribution in [0.4, 0.5) is 22.4 Å². The van der Waals surface area contributed by atoms with Gasteiger partial charge in [-0.1, -0.05) is 6.07 Å². The molecule has 0 saturated carbocycles. The van der Waals surface area contributed by atoms with Crippen LogP contribution in [0.2, 0.25) is 0 Å². The van der Waals surface area contributed by atoms with Gasteiger partial charge in [-0.25, -0.2) is 14.0 Å². The van der Waals surface area contributed by atoms with Crippen LogP contribution in [0.3, 0.4) is 0 Å². The van der Waals surface area contributed by atoms with Gasteiger partial charge in [0.05, 0.1) is 24.6 Å². The summed E-state index contributed by atoms with van der Waals surface area (Å²) in [5.41, 5.74) is -1.17. The largest absolute Gasteiger partial charge is 0.491 e. The van der Waals surface area contributed by atoms with E-state index in [1.807, 2.05) is 0 Å². The molecule has 4 aromatic rings. The molecule has 1 N–H and O–H groups in total. The summed E-state index contributed by atoms with van der Waals surface area (Å²) in [4.78, 5) is 41.6. The van der Waals surface area contributed by atoms with Crippen molar-refractivity contribution in [3.8, 4) is 22.6 Å². The Kier molecular flexibility index (Phi) is 9.93. The van der Waals surface area contributed by atoms with E-state index in [2.05, 4.69) is 10.1 Å². The molecule has 0 fully saturated rings. The minimum Gasteiger partial charge on any atom is -0.491 e. The van der Waals surface area contributed by atoms with Gasteiger partial charge in [0.15, 0.2) is 29.7 Å². The summed E-state index contributed by atoms with van der Waals surface area (Å²) in [7, 11) is 1.66. The van der Waals surface area contributed by atoms with Gasteiger partial charge in [-0.15, -0.1) is 4.99 Å². The van der Waals surface area contributed by atoms with Crippen molar-refractivity contribution in [2.24, 2.45) is 18.0 Å². The van der Waals surface area contributed by atoms with Crippen LogP contribution in [0, 0.1) is 11.7 Å². The molecule has 266 valence electrons. The van der Waals surface area contributed by atoms with E-state index in [0.717, 1.165) is 10.7 Å². The first kappa shape index (κ1) is 35.9. The van der Waals surface area contributed by atoms with Gasteiger partial charge in [0.25, 0.3) is 0 Å². The minimum absolute atomic E-state index is 0.00428. The Balaban J connectivity index is 1.59. The smallest absolute Gasteiger partial charge is 0.437 e. The van der Waals surface area contributed by atoms with E-state index in [0.29, 0.717) is 11.1 Å². The van der Waals surface area contributed by atoms with E-state index in [9.17, 15) is 31.9 Å². The minimum atomic E-state index is -4.82. The second-order valence-corrected chi connectivity index (χ2v) is 12.7. The number of ether oxygens (including phenoxy) is 3. The number of imidazole rings is 1. The highest BCUT2D eigenvalue weighted by Gasteiger charge is 2.40. The molecule has 50 heavy (non-hydrogen) atoms. The first-order chi connectivity index (χ1) is 23.4. The summed E-state index contributed by atoms with van der Waals surface area (Å²) in [5, 5.41) is 12.7. The van der Waals surface area contributed by atoms with Crippen molar-refractivity contribution in [3.05, 3.63) is 82.7 Å². The summed E-state index contributed by atoms with van der Waals surface area (Å²) in [6.45, 7) is 5.89. The standard InChI is InChI=1S/C34H35F4N5O7/c1-6-43-16-24(30(40-43)34(36,37)38)22-12-20(15-42-10-9-41(5)31(42)39-32(47)50-33(2,3)4)13-23-28(46)21(17-49-29(22)23)11-19-7-8-25(35)26(14-19)48-18-27(44)45/h7-10,12-14,16,21H,6,11,15,17-18H2,1-5H3,(H,44,45). The molecule has 0 bridgehead atoms. The Bertz CT molecular complexity index is 2020. The number of aryl methyl sites for hydroxylation is 2. The Hall–Kier alpha value is -5.41. The SMILES string of the molecule is CCn1cc(-c2cc(Cn3ccn(C)c3=NC(=O)OC(C)(C)C)cc3c2OCC(Cc2ccc(F)c(OCC(=O)O)c2)C3=O)c(C(F)(F)F)n1. The third-order valence-electron chi connectivity index (χ3n) is 7.67. The molecular formula is C34H35F4N5O7. The Morgan fingerprint density at radius 2 is 1.80 bits per heavy atom. The molecule has 0 saturated heterocycles. The molecule has 1 unspecified atom stereocenters. The van der Waals surface area contributed by atoms with Gasteiger partial charge in [0.1, 0.15) is 11.4 Å². The fourth-order valence-corrected chi connectivity index (χ4v) is 5.49. The third-order valence-corrected chi connectivity index (χ3v) is 7.67. The third kappa shape index (κ3) is 8.06. The number of hydrogen-bond donors (Lipinski definition) is 1. The van der Waals surface area contributed by atoms with E-state index in [-0.39, 0.29) is 59.9 Å². The van der Waals surface area contributed by atoms with E-state index in [1.165, 1.54) is 30.5 Å². The van der Waals surface area contributed by atoms with E-state index in [1.54, 1.807) is 56.3 Å². The summed E-state index contributed by atoms with van der Waals surface area (Å²) in [5.74, 6) is -3.70. The van der Waals surface area contributed by atoms with Gasteiger partial charge in [0, 0.05) is 43.3 Å². The Morgan fingerprint density at radius 3 is 2.46 bits per heavy atom. The molecular weight excluding hydrogens is 666 g/mol. The van der Waals surface area contributed by atoms with Crippen LogP contribution in [-0.4, -0.2) is 60.7 Å². The molecule has 0 aliphatic carbocycles. The first-order valence-electron chi connectivity index (χ1n) is 15.5. The highest BCUT2D eigenvalue weighted by molar-refractivity contribution is 6.04. The first-order valence-corrected chi connectivity index (χ1v) is 15.5. The van der Waals surface area contributed by atoms with E-state index < -0.39 is 53.7 Å². The number of hydrogen-bond acceptors (Lipinski definition) is 7. The summed E-state index contributed by atoms with van der Waals surface area (Å²) in [6.07, 6.45) is -1.12. The molecule has 2 aromatic carbocycles. The summed E-state index contributed by atoms with van der Waals surface area (Å²) >= 11 is 0. The predicted octanol–water partition coefficient (Wildman–Crippen LogP) is 5.65. The summed E-state index contributed by atoms with van der Waals surface area (Å²) < 4.78 is 77.8. The number of Topliss-reactive ketones (excluding diaryl/α,β-unsaturated/α-hetero) is 1. The van der Waals surface area contributed by atoms with E-state index in [4.69, 9.17) is 19.3 Å². The van der Waals surface area contributed by atoms with Crippen LogP contribution in [0.1, 0.15) is 54.9 Å². The van der Waals surface area contributed by atoms with Crippen molar-refractivity contribution >= 4 is 17.8 Å². The lowest BCUT2D eigenvalue weighted by Crippen LogP contribution is -2.31. The number of carboxylic acids is 1. The van der Waals surface area contributed by atoms with Crippen molar-refractivity contribution in [1.82, 2.24) is 18.9 Å². The highest BCUT2D eigenvalue weighted by Crippen LogP contribution is 2.44. The maximum Gasteiger partial charge on any atom is 0.437 e. The van der Waals surface area contributed by atoms with Gasteiger partial charge >= 0.3 is 18.2 Å². The lowest BCUT2D eigenvalue weighted by Gasteiger charge is -2.27. The number of carboxylic acid groups (broad SMARTS) is 1. The Labute approximate surface area is 283 Å². The zero-order chi connectivity index (χ0) is 36.5. The number of halogens is 4. The number of aromatic nitrogens is 4. The number of benzene rings is 2. The van der Waals surface area contributed by atoms with Crippen molar-refractivity contribution in [3.63, 3.8) is 0 Å². The number of rotatable bonds is 9. The molecule has 1 atom stereocenters. The highest BCUT2D eigenvalue weighted by atomic mass is 19.4. The lowest BCUT2D eigenvalue weighted by molar-refractivity contribution is -0.141. The fourth-order valence-electron chi connectivity index (χ4n) is 5.49. The van der Waals surface area contributed by atoms with Gasteiger partial charge in [-0.3, -0.25) is 9.48 Å². The topological polar surface area (TPSA) is 139 Å². The molecule has 2 aromatic heterocycles. The molecule has 0 radical (unpaired) electrons. The number of carbonyl (C=O) groups excluding carboxylic acids is 2. The van der Waals surface area contributed by atoms with Crippen molar-refractivity contribution in [2.75, 3.05) is 13.2 Å². The number of aliphatic carboxylic acids is 1. The van der Waals surface area contributed by atoms with Crippen molar-refractivity contribution < 1.29 is 51.3 Å². The van der Waals surface area contributed by atoms with Crippen LogP contribution < -0.4 is 15.1 Å². The molecule has 1 amide bonds. The normalized spacial score (nSPS) is 15.1. The second-order valence-electron chi connectivity index (χ2n) is 12.7. The average Bonchev–Trinajstić information content (AvgIpc) is 3.61. The molecule has 5 rings (SSSR count). The quantitative estimate of drug-likeness (QED) is 0.221. The zero-order valence-corrected chi connectivity index (χ0v) is 27.9. The average molecular weight is 702 g/mol. The van der Waals surface area contributed by atoms with Crippen LogP contribution >= 0.6 is 0 Å². The summed E-state index contributed by atoms with van der Waals surface area (Å²) in [6, 6.07) is 6.81. The lowest BCUT2D eigenvalue weighted by atomic mass is 9.86. The van der Waals surface area contributed by atoms with Crippen molar-refractivity contribution in [1.29, 1.82) is 0 Å². The maximum absolute atomic E-state index is 14.3. The van der Waals surface area contributed by atoms with Crippen LogP contribution in [0.5, 0.6) is 11.5 Å². The molecule has 3 heterocycles. The molecule has 0 spiro atoms. The number of carbonyl (C=O) groups is 3. The molecule has 1 aliphatic heterocycles. The number of fused-ring (bicyclic) bond motifs is 1. The zero-order valence-electron chi connectivity index (χ0n) is 27.9. The number of alkyl halides is 3. The molecule has 12 nitrogen and oxygen atoms in total. The van der Waals surface area contributed by atoms with Crippen LogP contribution in [0.15, 0.2) is 53.9 Å². The maximum atomic E-state index is 14.3. The molecule has 16 heteroatoms. The van der Waals surface area contributed by atoms with Crippen LogP contribution in [0.25, 0.3) is 11.1 Å². The number of ketones is 1. The number of nitrogens with zero attached hydrogens (tertiary/aromatic N) is 5. The second kappa shape index (κ2) is 13.8. The molecule has 1 aliphatic rings. The van der Waals surface area contributed by atoms with Gasteiger partial charge in [0.2, 0.25) is 5.62 Å². The van der Waals surface area contributed by atoms with Gasteiger partial charge in [-0.05, 0) is 69.5 Å². The van der Waals surface area contributed by atoms with Crippen LogP contribution in [-0.2, 0) is 42.3 Å². The van der Waals surface area contributed by atoms with E-state index >= 15 is 0 Å². The van der Waals surface area contributed by atoms with Gasteiger partial charge < -0.3 is 28.5 Å². The van der Waals surface area contributed by atoms with Crippen molar-refractivity contribution in [2.45, 2.75) is 59.0 Å². The Morgan fingerprint density at radius 1 is 1.08 bits per heavy atom. The predicted molar refractivity (Wildman–Crippen MR) is 169 cm³/mol. The monoisotopic (exact) mass is 701 g/mol. The number of amides is 1. The fraction of sp³-hybridized carbons (Fsp3) is 0.382. The van der Waals surface area contributed by atoms with Gasteiger partial charge in [-0.2, -0.15) is 18.3 Å².